The molecule has 0 aliphatic carbocycles. The minimum atomic E-state index is -0.418. The number of aromatic amines is 2. The third-order valence-electron chi connectivity index (χ3n) is 5.14. The Hall–Kier alpha value is -4.10. The van der Waals surface area contributed by atoms with Crippen LogP contribution in [0.25, 0.3) is 0 Å². The number of H-pyrrole nitrogens is 2. The van der Waals surface area contributed by atoms with Gasteiger partial charge >= 0.3 is 0 Å². The molecule has 3 rings (SSSR count). The van der Waals surface area contributed by atoms with E-state index in [1.54, 1.807) is 50.1 Å². The number of aliphatic imine (C=N–C) groups is 1. The second kappa shape index (κ2) is 13.1. The number of nitrogens with two attached hydrogens (primary N) is 2. The van der Waals surface area contributed by atoms with Crippen LogP contribution in [-0.2, 0) is 0 Å². The summed E-state index contributed by atoms with van der Waals surface area (Å²) < 4.78 is 1.58. The Morgan fingerprint density at radius 1 is 0.944 bits per heavy atom. The number of guanidine groups is 1. The number of hydrogen-bond acceptors (Lipinski definition) is 5. The molecule has 196 valence electrons. The average molecular weight is 541 g/mol. The summed E-state index contributed by atoms with van der Waals surface area (Å²) in [7, 11) is 1.70. The Morgan fingerprint density at radius 2 is 1.50 bits per heavy atom. The molecular weight excluding hydrogens is 511 g/mol. The molecule has 0 unspecified atom stereocenters. The van der Waals surface area contributed by atoms with Crippen LogP contribution in [0, 0.1) is 13.8 Å². The zero-order valence-corrected chi connectivity index (χ0v) is 21.5. The van der Waals surface area contributed by atoms with Gasteiger partial charge in [0.05, 0.1) is 17.9 Å². The number of amides is 3. The van der Waals surface area contributed by atoms with Gasteiger partial charge in [-0.3, -0.25) is 24.1 Å². The summed E-state index contributed by atoms with van der Waals surface area (Å²) in [5, 5.41) is 8.26. The van der Waals surface area contributed by atoms with E-state index in [0.717, 1.165) is 0 Å². The molecule has 0 aliphatic rings. The van der Waals surface area contributed by atoms with Crippen molar-refractivity contribution in [3.63, 3.8) is 0 Å². The van der Waals surface area contributed by atoms with Gasteiger partial charge in [0, 0.05) is 43.3 Å². The topological polar surface area (TPSA) is 200 Å². The minimum Gasteiger partial charge on any atom is -0.370 e. The first-order chi connectivity index (χ1) is 16.2. The van der Waals surface area contributed by atoms with Crippen molar-refractivity contribution in [2.24, 2.45) is 16.5 Å². The molecule has 15 heteroatoms. The van der Waals surface area contributed by atoms with E-state index in [0.29, 0.717) is 33.9 Å². The van der Waals surface area contributed by atoms with Crippen molar-refractivity contribution >= 4 is 59.9 Å². The van der Waals surface area contributed by atoms with Crippen LogP contribution in [0.1, 0.15) is 42.6 Å². The van der Waals surface area contributed by atoms with Gasteiger partial charge in [-0.2, -0.15) is 0 Å². The molecule has 0 radical (unpaired) electrons. The van der Waals surface area contributed by atoms with E-state index in [4.69, 9.17) is 11.5 Å². The first kappa shape index (κ1) is 29.9. The summed E-state index contributed by atoms with van der Waals surface area (Å²) >= 11 is 0. The van der Waals surface area contributed by atoms with Crippen molar-refractivity contribution in [3.8, 4) is 0 Å². The standard InChI is InChI=1S/C21H28N10O3.2ClH/c1-11-14(10-27-16(11)19(33)25-6-7-26-21(22)23)30-20(34)17-12(2)13(9-28-17)29-18(32)15-5-4-8-31(15)24-3;;/h4-5,8-10,24,27-28H,6-7H2,1-3H3,(H,25,33)(H,29,32)(H,30,34)(H4,22,23,26);2*1H. The Bertz CT molecular complexity index is 1240. The smallest absolute Gasteiger partial charge is 0.274 e. The Kier molecular flexibility index (Phi) is 10.9. The van der Waals surface area contributed by atoms with Gasteiger partial charge in [0.2, 0.25) is 0 Å². The summed E-state index contributed by atoms with van der Waals surface area (Å²) in [6.45, 7) is 3.94. The normalized spacial score (nSPS) is 9.86. The van der Waals surface area contributed by atoms with Crippen molar-refractivity contribution in [3.05, 3.63) is 58.9 Å². The molecule has 0 aromatic carbocycles. The number of anilines is 2. The first-order valence-electron chi connectivity index (χ1n) is 10.4. The summed E-state index contributed by atoms with van der Waals surface area (Å²) in [4.78, 5) is 47.3. The van der Waals surface area contributed by atoms with Gasteiger partial charge < -0.3 is 42.8 Å². The SMILES string of the molecule is CNn1cccc1C(=O)Nc1c[nH]c(C(=O)Nc2c[nH]c(C(=O)NCCN=C(N)N)c2C)c1C.Cl.Cl. The second-order valence-corrected chi connectivity index (χ2v) is 7.36. The third kappa shape index (κ3) is 6.73. The summed E-state index contributed by atoms with van der Waals surface area (Å²) in [6.07, 6.45) is 4.80. The van der Waals surface area contributed by atoms with Gasteiger partial charge in [-0.25, -0.2) is 0 Å². The van der Waals surface area contributed by atoms with Gasteiger partial charge in [-0.05, 0) is 26.0 Å². The lowest BCUT2D eigenvalue weighted by atomic mass is 10.2. The molecule has 0 atom stereocenters. The molecular formula is C21H30Cl2N10O3. The van der Waals surface area contributed by atoms with E-state index in [2.05, 4.69) is 36.3 Å². The molecule has 0 fully saturated rings. The predicted octanol–water partition coefficient (Wildman–Crippen LogP) is 1.29. The van der Waals surface area contributed by atoms with Crippen LogP contribution < -0.4 is 32.8 Å². The van der Waals surface area contributed by atoms with E-state index >= 15 is 0 Å². The monoisotopic (exact) mass is 540 g/mol. The number of nitrogens with one attached hydrogen (secondary N) is 6. The minimum absolute atomic E-state index is 0. The number of carbonyl (C=O) groups excluding carboxylic acids is 3. The molecule has 0 spiro atoms. The number of hydrogen-bond donors (Lipinski definition) is 8. The molecule has 3 aromatic heterocycles. The number of carbonyl (C=O) groups is 3. The fourth-order valence-corrected chi connectivity index (χ4v) is 3.30. The molecule has 0 aliphatic heterocycles. The quantitative estimate of drug-likeness (QED) is 0.114. The summed E-state index contributed by atoms with van der Waals surface area (Å²) in [5.74, 6) is -1.15. The van der Waals surface area contributed by atoms with Crippen LogP contribution in [-0.4, -0.2) is 58.5 Å². The lowest BCUT2D eigenvalue weighted by Gasteiger charge is -2.09. The number of aromatic nitrogens is 3. The van der Waals surface area contributed by atoms with Crippen molar-refractivity contribution in [1.82, 2.24) is 20.0 Å². The van der Waals surface area contributed by atoms with E-state index in [-0.39, 0.29) is 61.4 Å². The van der Waals surface area contributed by atoms with Crippen molar-refractivity contribution < 1.29 is 14.4 Å². The third-order valence-corrected chi connectivity index (χ3v) is 5.14. The highest BCUT2D eigenvalue weighted by Gasteiger charge is 2.20. The summed E-state index contributed by atoms with van der Waals surface area (Å²) in [6, 6.07) is 3.41. The first-order valence-corrected chi connectivity index (χ1v) is 10.4. The maximum atomic E-state index is 12.8. The number of halogens is 2. The largest absolute Gasteiger partial charge is 0.370 e. The predicted molar refractivity (Wildman–Crippen MR) is 144 cm³/mol. The molecule has 0 saturated heterocycles. The van der Waals surface area contributed by atoms with Crippen LogP contribution in [0.4, 0.5) is 11.4 Å². The Morgan fingerprint density at radius 3 is 2.06 bits per heavy atom. The molecule has 0 bridgehead atoms. The van der Waals surface area contributed by atoms with Crippen molar-refractivity contribution in [1.29, 1.82) is 0 Å². The van der Waals surface area contributed by atoms with Crippen LogP contribution in [0.15, 0.2) is 35.7 Å². The van der Waals surface area contributed by atoms with Crippen LogP contribution in [0.3, 0.4) is 0 Å². The summed E-state index contributed by atoms with van der Waals surface area (Å²) in [5.41, 5.74) is 16.5. The molecule has 3 aromatic rings. The van der Waals surface area contributed by atoms with Crippen molar-refractivity contribution in [2.45, 2.75) is 13.8 Å². The Labute approximate surface area is 219 Å². The van der Waals surface area contributed by atoms with E-state index in [9.17, 15) is 14.4 Å². The van der Waals surface area contributed by atoms with Crippen LogP contribution >= 0.6 is 24.8 Å². The zero-order chi connectivity index (χ0) is 24.8. The maximum Gasteiger partial charge on any atom is 0.274 e. The van der Waals surface area contributed by atoms with Gasteiger partial charge in [-0.15, -0.1) is 24.8 Å². The molecule has 13 nitrogen and oxygen atoms in total. The van der Waals surface area contributed by atoms with Crippen LogP contribution in [0.2, 0.25) is 0 Å². The highest BCUT2D eigenvalue weighted by molar-refractivity contribution is 6.08. The van der Waals surface area contributed by atoms with Crippen LogP contribution in [0.5, 0.6) is 0 Å². The zero-order valence-electron chi connectivity index (χ0n) is 19.9. The number of rotatable bonds is 9. The molecule has 36 heavy (non-hydrogen) atoms. The molecule has 3 heterocycles. The van der Waals surface area contributed by atoms with Gasteiger partial charge in [0.25, 0.3) is 17.7 Å². The van der Waals surface area contributed by atoms with Gasteiger partial charge in [0.1, 0.15) is 17.1 Å². The van der Waals surface area contributed by atoms with Gasteiger partial charge in [0.15, 0.2) is 5.96 Å². The van der Waals surface area contributed by atoms with Crippen molar-refractivity contribution in [2.75, 3.05) is 36.2 Å². The fourth-order valence-electron chi connectivity index (χ4n) is 3.30. The lowest BCUT2D eigenvalue weighted by molar-refractivity contribution is 0.0948. The average Bonchev–Trinajstić information content (AvgIpc) is 3.51. The Balaban J connectivity index is 0.00000324. The maximum absolute atomic E-state index is 12.8. The number of nitrogens with zero attached hydrogens (tertiary/aromatic N) is 2. The highest BCUT2D eigenvalue weighted by atomic mass is 35.5. The van der Waals surface area contributed by atoms with E-state index in [1.165, 1.54) is 6.20 Å². The highest BCUT2D eigenvalue weighted by Crippen LogP contribution is 2.23. The van der Waals surface area contributed by atoms with E-state index < -0.39 is 5.91 Å². The lowest BCUT2D eigenvalue weighted by Crippen LogP contribution is -2.29. The second-order valence-electron chi connectivity index (χ2n) is 7.36. The molecule has 10 N–H and O–H groups in total. The van der Waals surface area contributed by atoms with E-state index in [1.807, 2.05) is 0 Å². The molecule has 3 amide bonds. The molecule has 0 saturated carbocycles. The van der Waals surface area contributed by atoms with Gasteiger partial charge in [-0.1, -0.05) is 0 Å². The fraction of sp³-hybridized carbons (Fsp3) is 0.238.